The molecule has 1 aliphatic rings. The number of anilines is 1. The molecule has 2 aromatic rings. The number of alkyl halides is 2. The Hall–Kier alpha value is -1.82. The summed E-state index contributed by atoms with van der Waals surface area (Å²) >= 11 is 1.70. The van der Waals surface area contributed by atoms with E-state index < -0.39 is 6.29 Å². The van der Waals surface area contributed by atoms with Crippen LogP contribution in [0.2, 0.25) is 0 Å². The molecule has 106 valence electrons. The molecule has 0 bridgehead atoms. The van der Waals surface area contributed by atoms with Gasteiger partial charge in [0.25, 0.3) is 0 Å². The predicted molar refractivity (Wildman–Crippen MR) is 73.7 cm³/mol. The van der Waals surface area contributed by atoms with Gasteiger partial charge in [0.05, 0.1) is 6.04 Å². The third-order valence-electron chi connectivity index (χ3n) is 2.97. The number of hydrogen-bond donors (Lipinski definition) is 1. The van der Waals surface area contributed by atoms with E-state index in [9.17, 15) is 8.78 Å². The molecular formula is C14H13F2NO2S. The van der Waals surface area contributed by atoms with Gasteiger partial charge in [0.15, 0.2) is 11.5 Å². The maximum Gasteiger partial charge on any atom is 0.586 e. The number of nitrogens with one attached hydrogen (secondary N) is 1. The summed E-state index contributed by atoms with van der Waals surface area (Å²) in [5, 5.41) is 3.26. The van der Waals surface area contributed by atoms with Crippen LogP contribution in [0.15, 0.2) is 30.3 Å². The maximum atomic E-state index is 12.9. The van der Waals surface area contributed by atoms with E-state index in [1.54, 1.807) is 17.4 Å². The zero-order valence-corrected chi connectivity index (χ0v) is 11.8. The van der Waals surface area contributed by atoms with Crippen LogP contribution < -0.4 is 14.8 Å². The lowest BCUT2D eigenvalue weighted by Crippen LogP contribution is -2.25. The molecule has 0 saturated heterocycles. The topological polar surface area (TPSA) is 30.5 Å². The van der Waals surface area contributed by atoms with Gasteiger partial charge >= 0.3 is 6.29 Å². The number of halogens is 2. The van der Waals surface area contributed by atoms with E-state index in [4.69, 9.17) is 0 Å². The molecule has 0 fully saturated rings. The molecule has 1 N–H and O–H groups in total. The number of thiophene rings is 1. The van der Waals surface area contributed by atoms with Crippen LogP contribution in [-0.4, -0.2) is 6.29 Å². The minimum absolute atomic E-state index is 0.0505. The summed E-state index contributed by atoms with van der Waals surface area (Å²) in [5.41, 5.74) is 0.712. The molecule has 6 heteroatoms. The molecule has 1 aromatic carbocycles. The summed E-state index contributed by atoms with van der Waals surface area (Å²) in [5.74, 6) is 0.106. The van der Waals surface area contributed by atoms with Crippen LogP contribution in [0.4, 0.5) is 14.5 Å². The smallest absolute Gasteiger partial charge is 0.395 e. The molecule has 20 heavy (non-hydrogen) atoms. The van der Waals surface area contributed by atoms with Crippen molar-refractivity contribution in [3.8, 4) is 11.5 Å². The predicted octanol–water partition coefficient (Wildman–Crippen LogP) is 4.55. The highest BCUT2D eigenvalue weighted by Crippen LogP contribution is 2.42. The zero-order valence-electron chi connectivity index (χ0n) is 10.9. The van der Waals surface area contributed by atoms with Gasteiger partial charge in [-0.3, -0.25) is 0 Å². The van der Waals surface area contributed by atoms with Gasteiger partial charge in [-0.25, -0.2) is 0 Å². The van der Waals surface area contributed by atoms with Gasteiger partial charge in [0.1, 0.15) is 0 Å². The first-order chi connectivity index (χ1) is 9.43. The number of hydrogen-bond acceptors (Lipinski definition) is 4. The van der Waals surface area contributed by atoms with E-state index in [0.29, 0.717) is 5.69 Å². The second-order valence-corrected chi connectivity index (χ2v) is 5.96. The molecule has 1 unspecified atom stereocenters. The van der Waals surface area contributed by atoms with Crippen LogP contribution in [0, 0.1) is 6.92 Å². The lowest BCUT2D eigenvalue weighted by Gasteiger charge is -2.13. The summed E-state index contributed by atoms with van der Waals surface area (Å²) in [6.45, 7) is 4.06. The minimum Gasteiger partial charge on any atom is -0.395 e. The van der Waals surface area contributed by atoms with Crippen molar-refractivity contribution in [2.24, 2.45) is 0 Å². The summed E-state index contributed by atoms with van der Waals surface area (Å²) in [6.07, 6.45) is -3.57. The van der Waals surface area contributed by atoms with Crippen LogP contribution in [-0.2, 0) is 0 Å². The highest BCUT2D eigenvalue weighted by Gasteiger charge is 2.43. The number of ether oxygens (including phenoxy) is 2. The molecule has 0 radical (unpaired) electrons. The van der Waals surface area contributed by atoms with Gasteiger partial charge in [-0.2, -0.15) is 0 Å². The van der Waals surface area contributed by atoms with E-state index in [2.05, 4.69) is 26.9 Å². The summed E-state index contributed by atoms with van der Waals surface area (Å²) < 4.78 is 34.7. The van der Waals surface area contributed by atoms with Crippen molar-refractivity contribution in [3.05, 3.63) is 40.1 Å². The summed E-state index contributed by atoms with van der Waals surface area (Å²) in [4.78, 5) is 2.42. The largest absolute Gasteiger partial charge is 0.586 e. The molecule has 0 spiro atoms. The van der Waals surface area contributed by atoms with Crippen molar-refractivity contribution in [2.75, 3.05) is 5.32 Å². The van der Waals surface area contributed by atoms with Crippen LogP contribution >= 0.6 is 11.3 Å². The second-order valence-electron chi connectivity index (χ2n) is 4.64. The Labute approximate surface area is 119 Å². The van der Waals surface area contributed by atoms with Crippen molar-refractivity contribution >= 4 is 17.0 Å². The normalized spacial score (nSPS) is 17.0. The Morgan fingerprint density at radius 1 is 1.15 bits per heavy atom. The van der Waals surface area contributed by atoms with E-state index in [-0.39, 0.29) is 17.5 Å². The molecule has 1 aromatic heterocycles. The Morgan fingerprint density at radius 3 is 2.60 bits per heavy atom. The molecule has 0 amide bonds. The van der Waals surface area contributed by atoms with E-state index in [0.717, 1.165) is 0 Å². The van der Waals surface area contributed by atoms with Crippen LogP contribution in [0.3, 0.4) is 0 Å². The molecule has 1 aliphatic heterocycles. The Morgan fingerprint density at radius 2 is 1.90 bits per heavy atom. The standard InChI is InChI=1S/C14H13F2NO2S/c1-8-3-6-13(20-8)9(2)17-10-4-5-11-12(7-10)19-14(15,16)18-11/h3-7,9,17H,1-2H3. The van der Waals surface area contributed by atoms with E-state index in [1.807, 2.05) is 13.8 Å². The third-order valence-corrected chi connectivity index (χ3v) is 4.16. The number of rotatable bonds is 3. The lowest BCUT2D eigenvalue weighted by molar-refractivity contribution is -0.286. The average Bonchev–Trinajstić information content (AvgIpc) is 2.90. The lowest BCUT2D eigenvalue weighted by atomic mass is 10.2. The highest BCUT2D eigenvalue weighted by molar-refractivity contribution is 7.12. The fourth-order valence-electron chi connectivity index (χ4n) is 2.05. The fourth-order valence-corrected chi connectivity index (χ4v) is 2.93. The Bertz CT molecular complexity index is 642. The second kappa shape index (κ2) is 4.63. The molecule has 0 saturated carbocycles. The molecule has 0 aliphatic carbocycles. The van der Waals surface area contributed by atoms with E-state index >= 15 is 0 Å². The number of benzene rings is 1. The van der Waals surface area contributed by atoms with Crippen molar-refractivity contribution in [1.82, 2.24) is 0 Å². The molecule has 1 atom stereocenters. The zero-order chi connectivity index (χ0) is 14.3. The molecule has 3 nitrogen and oxygen atoms in total. The fraction of sp³-hybridized carbons (Fsp3) is 0.286. The minimum atomic E-state index is -3.57. The number of fused-ring (bicyclic) bond motifs is 1. The van der Waals surface area contributed by atoms with Crippen molar-refractivity contribution < 1.29 is 18.3 Å². The first-order valence-corrected chi connectivity index (χ1v) is 6.97. The first-order valence-electron chi connectivity index (χ1n) is 6.16. The number of aryl methyl sites for hydroxylation is 1. The third kappa shape index (κ3) is 2.56. The summed E-state index contributed by atoms with van der Waals surface area (Å²) in [6, 6.07) is 8.89. The maximum absolute atomic E-state index is 12.9. The Kier molecular flexibility index (Phi) is 3.05. The first kappa shape index (κ1) is 13.2. The molecule has 2 heterocycles. The SMILES string of the molecule is Cc1ccc(C(C)Nc2ccc3c(c2)OC(F)(F)O3)s1. The van der Waals surface area contributed by atoms with Gasteiger partial charge in [0, 0.05) is 21.5 Å². The highest BCUT2D eigenvalue weighted by atomic mass is 32.1. The van der Waals surface area contributed by atoms with Crippen LogP contribution in [0.1, 0.15) is 22.7 Å². The molecule has 3 rings (SSSR count). The van der Waals surface area contributed by atoms with Gasteiger partial charge in [-0.15, -0.1) is 20.1 Å². The van der Waals surface area contributed by atoms with Crippen molar-refractivity contribution in [3.63, 3.8) is 0 Å². The van der Waals surface area contributed by atoms with Gasteiger partial charge in [-0.05, 0) is 38.1 Å². The van der Waals surface area contributed by atoms with Crippen molar-refractivity contribution in [2.45, 2.75) is 26.2 Å². The Balaban J connectivity index is 1.76. The van der Waals surface area contributed by atoms with Gasteiger partial charge in [0.2, 0.25) is 0 Å². The summed E-state index contributed by atoms with van der Waals surface area (Å²) in [7, 11) is 0. The quantitative estimate of drug-likeness (QED) is 0.901. The van der Waals surface area contributed by atoms with Crippen LogP contribution in [0.5, 0.6) is 11.5 Å². The monoisotopic (exact) mass is 297 g/mol. The molecular weight excluding hydrogens is 284 g/mol. The van der Waals surface area contributed by atoms with E-state index in [1.165, 1.54) is 21.9 Å². The van der Waals surface area contributed by atoms with Gasteiger partial charge < -0.3 is 14.8 Å². The van der Waals surface area contributed by atoms with Crippen molar-refractivity contribution in [1.29, 1.82) is 0 Å². The average molecular weight is 297 g/mol. The van der Waals surface area contributed by atoms with Gasteiger partial charge in [-0.1, -0.05) is 0 Å². The van der Waals surface area contributed by atoms with Crippen LogP contribution in [0.25, 0.3) is 0 Å².